The molecule has 0 radical (unpaired) electrons. The van der Waals surface area contributed by atoms with Crippen molar-refractivity contribution >= 4 is 34.8 Å². The number of aryl methyl sites for hydroxylation is 1. The first kappa shape index (κ1) is 33.0. The number of methoxy groups -OCH3 is 4. The van der Waals surface area contributed by atoms with E-state index in [1.165, 1.54) is 40.6 Å². The Balaban J connectivity index is 1.63. The molecule has 4 aromatic rings. The van der Waals surface area contributed by atoms with Crippen LogP contribution < -0.4 is 39.7 Å². The lowest BCUT2D eigenvalue weighted by molar-refractivity contribution is -0.141. The molecule has 238 valence electrons. The standard InChI is InChI=1S/C31H33N3O10S/c1-17-6-9-20(10-7-17)45-33-21(31(37)38)15-34(32)26(35)16-43-30-28(36)27-24(42-5)13-19(39-2)14-25(27)44-29(30)18-8-11-22(40-3)23(12-18)41-4/h6-14,21,33H,15-16,32H2,1-5H3,(H,37,38). The summed E-state index contributed by atoms with van der Waals surface area (Å²) in [5, 5.41) is 10.5. The zero-order chi connectivity index (χ0) is 32.7. The Kier molecular flexibility index (Phi) is 10.8. The van der Waals surface area contributed by atoms with Crippen LogP contribution in [-0.4, -0.2) is 69.6 Å². The molecule has 13 nitrogen and oxygen atoms in total. The third-order valence-corrected chi connectivity index (χ3v) is 7.58. The summed E-state index contributed by atoms with van der Waals surface area (Å²) in [7, 11) is 5.78. The van der Waals surface area contributed by atoms with Crippen LogP contribution in [0.25, 0.3) is 22.3 Å². The van der Waals surface area contributed by atoms with E-state index in [9.17, 15) is 19.5 Å². The number of nitrogens with zero attached hydrogens (tertiary/aromatic N) is 1. The number of carbonyl (C=O) groups is 2. The summed E-state index contributed by atoms with van der Waals surface area (Å²) in [5.41, 5.74) is 0.947. The van der Waals surface area contributed by atoms with Crippen molar-refractivity contribution in [1.29, 1.82) is 0 Å². The normalized spacial score (nSPS) is 11.5. The highest BCUT2D eigenvalue weighted by Crippen LogP contribution is 2.39. The largest absolute Gasteiger partial charge is 0.496 e. The Bertz CT molecular complexity index is 1740. The van der Waals surface area contributed by atoms with Crippen LogP contribution in [0.15, 0.2) is 68.7 Å². The number of fused-ring (bicyclic) bond motifs is 1. The Hall–Kier alpha value is -4.92. The van der Waals surface area contributed by atoms with E-state index in [0.29, 0.717) is 27.8 Å². The smallest absolute Gasteiger partial charge is 0.323 e. The summed E-state index contributed by atoms with van der Waals surface area (Å²) in [6, 6.07) is 14.1. The van der Waals surface area contributed by atoms with E-state index in [1.54, 1.807) is 18.2 Å². The van der Waals surface area contributed by atoms with E-state index in [4.69, 9.17) is 33.9 Å². The minimum absolute atomic E-state index is 0.0142. The average molecular weight is 640 g/mol. The number of ether oxygens (including phenoxy) is 5. The predicted molar refractivity (Wildman–Crippen MR) is 167 cm³/mol. The van der Waals surface area contributed by atoms with Gasteiger partial charge in [0.25, 0.3) is 5.91 Å². The molecule has 3 aromatic carbocycles. The fourth-order valence-electron chi connectivity index (χ4n) is 4.25. The molecule has 0 aliphatic carbocycles. The first-order valence-electron chi connectivity index (χ1n) is 13.4. The van der Waals surface area contributed by atoms with Crippen LogP contribution >= 0.6 is 11.9 Å². The maximum Gasteiger partial charge on any atom is 0.323 e. The lowest BCUT2D eigenvalue weighted by atomic mass is 10.1. The van der Waals surface area contributed by atoms with Crippen molar-refractivity contribution < 1.29 is 42.8 Å². The molecule has 1 amide bonds. The summed E-state index contributed by atoms with van der Waals surface area (Å²) >= 11 is 1.09. The van der Waals surface area contributed by atoms with Gasteiger partial charge >= 0.3 is 5.97 Å². The molecule has 0 aliphatic heterocycles. The van der Waals surface area contributed by atoms with Gasteiger partial charge in [0.1, 0.15) is 28.5 Å². The van der Waals surface area contributed by atoms with Crippen molar-refractivity contribution in [2.24, 2.45) is 5.84 Å². The number of hydrazine groups is 1. The summed E-state index contributed by atoms with van der Waals surface area (Å²) in [6.45, 7) is 0.843. The van der Waals surface area contributed by atoms with Gasteiger partial charge in [0, 0.05) is 22.6 Å². The quantitative estimate of drug-likeness (QED) is 0.0791. The number of amides is 1. The van der Waals surface area contributed by atoms with Crippen LogP contribution in [0.3, 0.4) is 0 Å². The number of carboxylic acid groups (broad SMARTS) is 1. The Labute approximate surface area is 262 Å². The van der Waals surface area contributed by atoms with Gasteiger partial charge in [-0.05, 0) is 49.2 Å². The molecular weight excluding hydrogens is 606 g/mol. The number of nitrogens with two attached hydrogens (primary N) is 1. The number of hydrogen-bond donors (Lipinski definition) is 3. The van der Waals surface area contributed by atoms with Gasteiger partial charge in [-0.2, -0.15) is 0 Å². The molecule has 0 aliphatic rings. The summed E-state index contributed by atoms with van der Waals surface area (Å²) in [5.74, 6) is 4.97. The monoisotopic (exact) mass is 639 g/mol. The van der Waals surface area contributed by atoms with E-state index in [-0.39, 0.29) is 28.2 Å². The number of carboxylic acids is 1. The maximum atomic E-state index is 13.9. The number of benzene rings is 3. The average Bonchev–Trinajstić information content (AvgIpc) is 3.05. The van der Waals surface area contributed by atoms with Crippen LogP contribution in [0.1, 0.15) is 5.56 Å². The van der Waals surface area contributed by atoms with Crippen LogP contribution in [0, 0.1) is 6.92 Å². The molecule has 1 heterocycles. The van der Waals surface area contributed by atoms with Crippen LogP contribution in [0.2, 0.25) is 0 Å². The second-order valence-electron chi connectivity index (χ2n) is 9.62. The zero-order valence-corrected chi connectivity index (χ0v) is 26.1. The zero-order valence-electron chi connectivity index (χ0n) is 25.2. The maximum absolute atomic E-state index is 13.9. The first-order valence-corrected chi connectivity index (χ1v) is 14.3. The number of rotatable bonds is 14. The second kappa shape index (κ2) is 14.7. The number of carbonyl (C=O) groups excluding carboxylic acids is 1. The van der Waals surface area contributed by atoms with E-state index in [0.717, 1.165) is 22.4 Å². The van der Waals surface area contributed by atoms with Crippen molar-refractivity contribution in [2.45, 2.75) is 17.9 Å². The third-order valence-electron chi connectivity index (χ3n) is 6.67. The van der Waals surface area contributed by atoms with Gasteiger partial charge in [0.05, 0.1) is 35.0 Å². The molecule has 1 aromatic heterocycles. The highest BCUT2D eigenvalue weighted by atomic mass is 32.2. The van der Waals surface area contributed by atoms with Crippen molar-refractivity contribution in [3.63, 3.8) is 0 Å². The van der Waals surface area contributed by atoms with Crippen molar-refractivity contribution in [1.82, 2.24) is 9.73 Å². The highest BCUT2D eigenvalue weighted by Gasteiger charge is 2.26. The minimum atomic E-state index is -1.22. The molecule has 1 unspecified atom stereocenters. The molecule has 0 spiro atoms. The molecule has 0 saturated heterocycles. The third kappa shape index (κ3) is 7.60. The SMILES string of the molecule is COc1cc(OC)c2c(=O)c(OCC(=O)N(N)CC(NSc3ccc(C)cc3)C(=O)O)c(-c3ccc(OC)c(OC)c3)oc2c1. The van der Waals surface area contributed by atoms with Crippen molar-refractivity contribution in [2.75, 3.05) is 41.6 Å². The Morgan fingerprint density at radius 1 is 0.956 bits per heavy atom. The second-order valence-corrected chi connectivity index (χ2v) is 10.5. The lowest BCUT2D eigenvalue weighted by Gasteiger charge is -2.22. The van der Waals surface area contributed by atoms with Gasteiger partial charge in [0.2, 0.25) is 11.2 Å². The summed E-state index contributed by atoms with van der Waals surface area (Å²) in [6.07, 6.45) is 0. The van der Waals surface area contributed by atoms with Gasteiger partial charge in [-0.1, -0.05) is 17.7 Å². The molecular formula is C31H33N3O10S. The minimum Gasteiger partial charge on any atom is -0.496 e. The van der Waals surface area contributed by atoms with Gasteiger partial charge in [-0.15, -0.1) is 0 Å². The van der Waals surface area contributed by atoms with E-state index >= 15 is 0 Å². The van der Waals surface area contributed by atoms with Crippen LogP contribution in [0.4, 0.5) is 0 Å². The van der Waals surface area contributed by atoms with Crippen LogP contribution in [-0.2, 0) is 9.59 Å². The summed E-state index contributed by atoms with van der Waals surface area (Å²) in [4.78, 5) is 39.6. The first-order chi connectivity index (χ1) is 21.6. The van der Waals surface area contributed by atoms with E-state index in [1.807, 2.05) is 31.2 Å². The van der Waals surface area contributed by atoms with E-state index < -0.39 is 36.5 Å². The number of aliphatic carboxylic acids is 1. The molecule has 4 rings (SSSR count). The molecule has 4 N–H and O–H groups in total. The van der Waals surface area contributed by atoms with Crippen molar-refractivity contribution in [3.05, 3.63) is 70.4 Å². The lowest BCUT2D eigenvalue weighted by Crippen LogP contribution is -2.50. The number of hydrogen-bond acceptors (Lipinski definition) is 12. The molecule has 1 atom stereocenters. The predicted octanol–water partition coefficient (Wildman–Crippen LogP) is 3.63. The Morgan fingerprint density at radius 3 is 2.27 bits per heavy atom. The van der Waals surface area contributed by atoms with Gasteiger partial charge in [-0.25, -0.2) is 10.6 Å². The Morgan fingerprint density at radius 2 is 1.64 bits per heavy atom. The fraction of sp³-hybridized carbons (Fsp3) is 0.258. The van der Waals surface area contributed by atoms with Gasteiger partial charge in [-0.3, -0.25) is 19.4 Å². The molecule has 0 saturated carbocycles. The topological polar surface area (TPSA) is 172 Å². The number of nitrogens with one attached hydrogen (secondary N) is 1. The fourth-order valence-corrected chi connectivity index (χ4v) is 4.97. The van der Waals surface area contributed by atoms with Crippen LogP contribution in [0.5, 0.6) is 28.7 Å². The molecule has 14 heteroatoms. The molecule has 0 bridgehead atoms. The highest BCUT2D eigenvalue weighted by molar-refractivity contribution is 7.97. The van der Waals surface area contributed by atoms with Crippen molar-refractivity contribution in [3.8, 4) is 40.1 Å². The summed E-state index contributed by atoms with van der Waals surface area (Å²) < 4.78 is 36.2. The molecule has 45 heavy (non-hydrogen) atoms. The molecule has 0 fully saturated rings. The van der Waals surface area contributed by atoms with Gasteiger partial charge < -0.3 is 33.2 Å². The van der Waals surface area contributed by atoms with Gasteiger partial charge in [0.15, 0.2) is 23.9 Å². The van der Waals surface area contributed by atoms with E-state index in [2.05, 4.69) is 4.72 Å².